The maximum atomic E-state index is 12.5. The van der Waals surface area contributed by atoms with Gasteiger partial charge in [0.2, 0.25) is 5.91 Å². The lowest BCUT2D eigenvalue weighted by atomic mass is 9.96. The van der Waals surface area contributed by atoms with Crippen molar-refractivity contribution in [3.05, 3.63) is 28.8 Å². The van der Waals surface area contributed by atoms with E-state index < -0.39 is 0 Å². The summed E-state index contributed by atoms with van der Waals surface area (Å²) < 4.78 is 0. The molecule has 0 aromatic heterocycles. The summed E-state index contributed by atoms with van der Waals surface area (Å²) in [5.74, 6) is 0.318. The fourth-order valence-corrected chi connectivity index (χ4v) is 3.30. The largest absolute Gasteiger partial charge is 0.342 e. The Kier molecular flexibility index (Phi) is 3.70. The molecule has 0 atom stereocenters. The molecule has 21 heavy (non-hydrogen) atoms. The van der Waals surface area contributed by atoms with Gasteiger partial charge in [-0.2, -0.15) is 0 Å². The van der Waals surface area contributed by atoms with Crippen LogP contribution in [0.15, 0.2) is 12.1 Å². The molecule has 0 saturated carbocycles. The molecule has 4 heteroatoms. The van der Waals surface area contributed by atoms with E-state index in [-0.39, 0.29) is 11.8 Å². The van der Waals surface area contributed by atoms with Crippen molar-refractivity contribution >= 4 is 17.5 Å². The first-order valence-corrected chi connectivity index (χ1v) is 7.83. The summed E-state index contributed by atoms with van der Waals surface area (Å²) in [5.41, 5.74) is 4.18. The summed E-state index contributed by atoms with van der Waals surface area (Å²) in [6.45, 7) is 3.69. The second-order valence-electron chi connectivity index (χ2n) is 6.02. The number of aryl methyl sites for hydroxylation is 1. The van der Waals surface area contributed by atoms with Crippen LogP contribution < -0.4 is 4.90 Å². The zero-order valence-corrected chi connectivity index (χ0v) is 12.8. The molecule has 0 bridgehead atoms. The maximum absolute atomic E-state index is 12.5. The second-order valence-corrected chi connectivity index (χ2v) is 6.02. The first-order chi connectivity index (χ1) is 10.1. The number of amides is 2. The predicted octanol–water partition coefficient (Wildman–Crippen LogP) is 2.39. The smallest absolute Gasteiger partial charge is 0.253 e. The van der Waals surface area contributed by atoms with E-state index in [2.05, 4.69) is 6.92 Å². The number of benzene rings is 1. The topological polar surface area (TPSA) is 40.6 Å². The van der Waals surface area contributed by atoms with Gasteiger partial charge in [-0.05, 0) is 42.5 Å². The molecule has 2 heterocycles. The van der Waals surface area contributed by atoms with Crippen LogP contribution in [0.25, 0.3) is 0 Å². The van der Waals surface area contributed by atoms with Gasteiger partial charge in [-0.25, -0.2) is 0 Å². The van der Waals surface area contributed by atoms with Crippen molar-refractivity contribution in [2.45, 2.75) is 39.0 Å². The van der Waals surface area contributed by atoms with Crippen LogP contribution in [0, 0.1) is 0 Å². The Labute approximate surface area is 125 Å². The Morgan fingerprint density at radius 1 is 1.24 bits per heavy atom. The number of unbranched alkanes of at least 4 members (excludes halogenated alkanes) is 1. The van der Waals surface area contributed by atoms with Gasteiger partial charge in [-0.1, -0.05) is 13.3 Å². The number of rotatable bonds is 4. The van der Waals surface area contributed by atoms with Crippen molar-refractivity contribution in [3.63, 3.8) is 0 Å². The van der Waals surface area contributed by atoms with E-state index in [4.69, 9.17) is 0 Å². The van der Waals surface area contributed by atoms with Crippen LogP contribution in [0.4, 0.5) is 5.69 Å². The third-order valence-corrected chi connectivity index (χ3v) is 4.49. The Morgan fingerprint density at radius 3 is 2.67 bits per heavy atom. The minimum absolute atomic E-state index is 0.0952. The molecule has 2 amide bonds. The highest BCUT2D eigenvalue weighted by atomic mass is 16.2. The third kappa shape index (κ3) is 2.43. The van der Waals surface area contributed by atoms with Crippen molar-refractivity contribution in [1.82, 2.24) is 4.90 Å². The highest BCUT2D eigenvalue weighted by Crippen LogP contribution is 2.37. The van der Waals surface area contributed by atoms with Crippen LogP contribution in [-0.4, -0.2) is 36.9 Å². The molecule has 0 N–H and O–H groups in total. The summed E-state index contributed by atoms with van der Waals surface area (Å²) in [5, 5.41) is 0. The van der Waals surface area contributed by atoms with Crippen LogP contribution >= 0.6 is 0 Å². The van der Waals surface area contributed by atoms with Crippen molar-refractivity contribution in [2.24, 2.45) is 0 Å². The zero-order valence-electron chi connectivity index (χ0n) is 12.8. The summed E-state index contributed by atoms with van der Waals surface area (Å²) in [6, 6.07) is 3.98. The monoisotopic (exact) mass is 286 g/mol. The molecule has 0 unspecified atom stereocenters. The fraction of sp³-hybridized carbons (Fsp3) is 0.529. The minimum atomic E-state index is 0.0952. The number of carbonyl (C=O) groups excluding carboxylic acids is 2. The Morgan fingerprint density at radius 2 is 1.95 bits per heavy atom. The summed E-state index contributed by atoms with van der Waals surface area (Å²) in [4.78, 5) is 28.1. The Balaban J connectivity index is 1.89. The average Bonchev–Trinajstić information content (AvgIpc) is 2.93. The number of anilines is 1. The molecular weight excluding hydrogens is 264 g/mol. The molecule has 0 spiro atoms. The first-order valence-electron chi connectivity index (χ1n) is 7.83. The lowest BCUT2D eigenvalue weighted by Crippen LogP contribution is -2.33. The number of nitrogens with zero attached hydrogens (tertiary/aromatic N) is 2. The highest BCUT2D eigenvalue weighted by Gasteiger charge is 2.32. The SMILES string of the molecule is CCCCN(C)C(=O)c1cc2c3c(c1)CCN3C(=O)CC2. The van der Waals surface area contributed by atoms with Gasteiger partial charge in [-0.15, -0.1) is 0 Å². The van der Waals surface area contributed by atoms with E-state index >= 15 is 0 Å². The Bertz CT molecular complexity index is 595. The molecular formula is C17H22N2O2. The van der Waals surface area contributed by atoms with Crippen molar-refractivity contribution in [2.75, 3.05) is 25.0 Å². The first kappa shape index (κ1) is 14.1. The fourth-order valence-electron chi connectivity index (χ4n) is 3.30. The highest BCUT2D eigenvalue weighted by molar-refractivity contribution is 6.01. The second kappa shape index (κ2) is 5.51. The lowest BCUT2D eigenvalue weighted by molar-refractivity contribution is -0.118. The Hall–Kier alpha value is -1.84. The van der Waals surface area contributed by atoms with Crippen molar-refractivity contribution in [1.29, 1.82) is 0 Å². The van der Waals surface area contributed by atoms with Crippen LogP contribution in [-0.2, 0) is 17.6 Å². The van der Waals surface area contributed by atoms with E-state index in [0.29, 0.717) is 6.42 Å². The maximum Gasteiger partial charge on any atom is 0.253 e. The molecule has 3 rings (SSSR count). The summed E-state index contributed by atoms with van der Waals surface area (Å²) in [7, 11) is 1.87. The molecule has 1 aromatic rings. The van der Waals surface area contributed by atoms with Gasteiger partial charge in [0, 0.05) is 32.1 Å². The van der Waals surface area contributed by atoms with Gasteiger partial charge in [0.05, 0.1) is 5.69 Å². The minimum Gasteiger partial charge on any atom is -0.342 e. The molecule has 1 aromatic carbocycles. The van der Waals surface area contributed by atoms with Gasteiger partial charge >= 0.3 is 0 Å². The van der Waals surface area contributed by atoms with Gasteiger partial charge < -0.3 is 9.80 Å². The van der Waals surface area contributed by atoms with Gasteiger partial charge in [-0.3, -0.25) is 9.59 Å². The molecule has 0 radical (unpaired) electrons. The van der Waals surface area contributed by atoms with E-state index in [1.807, 2.05) is 24.1 Å². The van der Waals surface area contributed by atoms with E-state index in [0.717, 1.165) is 61.2 Å². The standard InChI is InChI=1S/C17H22N2O2/c1-3-4-8-18(2)17(21)14-10-12-5-6-15(20)19-9-7-13(11-14)16(12)19/h10-11H,3-9H2,1-2H3. The van der Waals surface area contributed by atoms with E-state index in [1.165, 1.54) is 0 Å². The molecule has 2 aliphatic heterocycles. The van der Waals surface area contributed by atoms with E-state index in [9.17, 15) is 9.59 Å². The number of hydrogen-bond donors (Lipinski definition) is 0. The number of carbonyl (C=O) groups is 2. The third-order valence-electron chi connectivity index (χ3n) is 4.49. The van der Waals surface area contributed by atoms with Crippen LogP contribution in [0.1, 0.15) is 47.7 Å². The quantitative estimate of drug-likeness (QED) is 0.852. The van der Waals surface area contributed by atoms with Gasteiger partial charge in [0.25, 0.3) is 5.91 Å². The molecule has 0 fully saturated rings. The number of hydrogen-bond acceptors (Lipinski definition) is 2. The van der Waals surface area contributed by atoms with E-state index in [1.54, 1.807) is 4.90 Å². The normalized spacial score (nSPS) is 16.1. The lowest BCUT2D eigenvalue weighted by Gasteiger charge is -2.26. The molecule has 0 aliphatic carbocycles. The zero-order chi connectivity index (χ0) is 15.0. The molecule has 0 saturated heterocycles. The summed E-state index contributed by atoms with van der Waals surface area (Å²) in [6.07, 6.45) is 4.31. The molecule has 112 valence electrons. The van der Waals surface area contributed by atoms with Crippen molar-refractivity contribution < 1.29 is 9.59 Å². The van der Waals surface area contributed by atoms with Crippen molar-refractivity contribution in [3.8, 4) is 0 Å². The summed E-state index contributed by atoms with van der Waals surface area (Å²) >= 11 is 0. The molecule has 2 aliphatic rings. The average molecular weight is 286 g/mol. The molecule has 4 nitrogen and oxygen atoms in total. The predicted molar refractivity (Wildman–Crippen MR) is 82.7 cm³/mol. The van der Waals surface area contributed by atoms with Gasteiger partial charge in [0.1, 0.15) is 0 Å². The van der Waals surface area contributed by atoms with Crippen LogP contribution in [0.2, 0.25) is 0 Å². The van der Waals surface area contributed by atoms with Gasteiger partial charge in [0.15, 0.2) is 0 Å². The van der Waals surface area contributed by atoms with Crippen LogP contribution in [0.3, 0.4) is 0 Å². The van der Waals surface area contributed by atoms with Crippen LogP contribution in [0.5, 0.6) is 0 Å².